The summed E-state index contributed by atoms with van der Waals surface area (Å²) in [6.07, 6.45) is 0. The van der Waals surface area contributed by atoms with Crippen LogP contribution in [-0.4, -0.2) is 22.5 Å². The quantitative estimate of drug-likeness (QED) is 0.157. The molecule has 4 aromatic rings. The molecule has 2 N–H and O–H groups in total. The van der Waals surface area contributed by atoms with Crippen molar-refractivity contribution >= 4 is 40.6 Å². The summed E-state index contributed by atoms with van der Waals surface area (Å²) in [6, 6.07) is 29.1. The van der Waals surface area contributed by atoms with Crippen LogP contribution in [0.2, 0.25) is 0 Å². The van der Waals surface area contributed by atoms with Crippen LogP contribution in [0, 0.1) is 10.1 Å². The number of carbonyl (C=O) groups excluding carboxylic acids is 2. The highest BCUT2D eigenvalue weighted by molar-refractivity contribution is 8.00. The summed E-state index contributed by atoms with van der Waals surface area (Å²) in [7, 11) is 0. The third-order valence-corrected chi connectivity index (χ3v) is 5.89. The molecule has 180 valence electrons. The topological polar surface area (TPSA) is 111 Å². The number of nitrogens with zero attached hydrogens (tertiary/aromatic N) is 1. The zero-order valence-corrected chi connectivity index (χ0v) is 19.7. The zero-order chi connectivity index (χ0) is 25.3. The predicted molar refractivity (Wildman–Crippen MR) is 140 cm³/mol. The summed E-state index contributed by atoms with van der Waals surface area (Å²) >= 11 is 1.32. The van der Waals surface area contributed by atoms with E-state index in [0.29, 0.717) is 17.1 Å². The first-order valence-electron chi connectivity index (χ1n) is 10.9. The van der Waals surface area contributed by atoms with Crippen molar-refractivity contribution in [2.24, 2.45) is 0 Å². The summed E-state index contributed by atoms with van der Waals surface area (Å²) < 4.78 is 5.75. The number of nitro benzene ring substituents is 1. The molecule has 0 saturated heterocycles. The molecule has 0 heterocycles. The van der Waals surface area contributed by atoms with Gasteiger partial charge >= 0.3 is 0 Å². The molecular formula is C27H21N3O5S. The number of nitrogens with one attached hydrogen (secondary N) is 2. The Morgan fingerprint density at radius 1 is 0.778 bits per heavy atom. The number of carbonyl (C=O) groups is 2. The summed E-state index contributed by atoms with van der Waals surface area (Å²) in [6.45, 7) is 0. The Morgan fingerprint density at radius 2 is 1.50 bits per heavy atom. The molecule has 0 unspecified atom stereocenters. The van der Waals surface area contributed by atoms with Gasteiger partial charge in [0.2, 0.25) is 5.91 Å². The maximum absolute atomic E-state index is 12.5. The molecule has 4 aromatic carbocycles. The lowest BCUT2D eigenvalue weighted by molar-refractivity contribution is -0.384. The summed E-state index contributed by atoms with van der Waals surface area (Å²) in [4.78, 5) is 36.1. The van der Waals surface area contributed by atoms with Crippen molar-refractivity contribution in [1.29, 1.82) is 0 Å². The van der Waals surface area contributed by atoms with Gasteiger partial charge in [-0.1, -0.05) is 30.3 Å². The third kappa shape index (κ3) is 6.94. The Labute approximate surface area is 211 Å². The van der Waals surface area contributed by atoms with Crippen molar-refractivity contribution in [3.8, 4) is 11.5 Å². The van der Waals surface area contributed by atoms with E-state index in [4.69, 9.17) is 4.74 Å². The number of thioether (sulfide) groups is 1. The molecule has 0 bridgehead atoms. The van der Waals surface area contributed by atoms with E-state index in [1.165, 1.54) is 36.0 Å². The first-order valence-corrected chi connectivity index (χ1v) is 11.9. The molecule has 0 aliphatic carbocycles. The molecule has 0 aliphatic rings. The standard InChI is InChI=1S/C27H21N3O5S/c31-26(28-20-12-14-24(15-13-20)35-23-9-2-1-3-10-23)18-36-25-11-5-7-21(17-25)29-27(32)19-6-4-8-22(16-19)30(33)34/h1-17H,18H2,(H,28,31)(H,29,32). The third-order valence-electron chi connectivity index (χ3n) is 4.90. The average molecular weight is 500 g/mol. The molecule has 8 nitrogen and oxygen atoms in total. The van der Waals surface area contributed by atoms with Crippen molar-refractivity contribution in [2.45, 2.75) is 4.90 Å². The second-order valence-corrected chi connectivity index (χ2v) is 8.61. The molecule has 0 aromatic heterocycles. The van der Waals surface area contributed by atoms with Gasteiger partial charge in [-0.25, -0.2) is 0 Å². The maximum Gasteiger partial charge on any atom is 0.270 e. The number of nitro groups is 1. The van der Waals surface area contributed by atoms with Crippen LogP contribution < -0.4 is 15.4 Å². The fraction of sp³-hybridized carbons (Fsp3) is 0.0370. The molecule has 36 heavy (non-hydrogen) atoms. The number of hydrogen-bond donors (Lipinski definition) is 2. The molecule has 0 atom stereocenters. The lowest BCUT2D eigenvalue weighted by Crippen LogP contribution is -2.14. The van der Waals surface area contributed by atoms with Crippen LogP contribution in [0.25, 0.3) is 0 Å². The smallest absolute Gasteiger partial charge is 0.270 e. The lowest BCUT2D eigenvalue weighted by Gasteiger charge is -2.09. The van der Waals surface area contributed by atoms with E-state index >= 15 is 0 Å². The van der Waals surface area contributed by atoms with E-state index < -0.39 is 10.8 Å². The molecule has 0 saturated carbocycles. The molecule has 0 radical (unpaired) electrons. The van der Waals surface area contributed by atoms with E-state index in [-0.39, 0.29) is 22.9 Å². The largest absolute Gasteiger partial charge is 0.457 e. The number of rotatable bonds is 9. The van der Waals surface area contributed by atoms with Gasteiger partial charge in [-0.3, -0.25) is 19.7 Å². The Hall–Kier alpha value is -4.63. The van der Waals surface area contributed by atoms with Gasteiger partial charge in [-0.15, -0.1) is 11.8 Å². The van der Waals surface area contributed by atoms with Gasteiger partial charge in [0.15, 0.2) is 0 Å². The van der Waals surface area contributed by atoms with E-state index in [0.717, 1.165) is 10.6 Å². The van der Waals surface area contributed by atoms with Crippen molar-refractivity contribution in [1.82, 2.24) is 0 Å². The summed E-state index contributed by atoms with van der Waals surface area (Å²) in [5.74, 6) is 0.928. The van der Waals surface area contributed by atoms with Gasteiger partial charge in [0.25, 0.3) is 11.6 Å². The average Bonchev–Trinajstić information content (AvgIpc) is 2.89. The van der Waals surface area contributed by atoms with Crippen LogP contribution in [0.5, 0.6) is 11.5 Å². The Bertz CT molecular complexity index is 1380. The second kappa shape index (κ2) is 11.7. The molecule has 9 heteroatoms. The minimum atomic E-state index is -0.550. The molecule has 0 aliphatic heterocycles. The predicted octanol–water partition coefficient (Wildman–Crippen LogP) is 6.37. The summed E-state index contributed by atoms with van der Waals surface area (Å²) in [5.41, 5.74) is 1.20. The monoisotopic (exact) mass is 499 g/mol. The molecule has 0 fully saturated rings. The lowest BCUT2D eigenvalue weighted by atomic mass is 10.2. The minimum Gasteiger partial charge on any atom is -0.457 e. The van der Waals surface area contributed by atoms with E-state index in [2.05, 4.69) is 10.6 Å². The number of ether oxygens (including phenoxy) is 1. The van der Waals surface area contributed by atoms with E-state index in [9.17, 15) is 19.7 Å². The maximum atomic E-state index is 12.5. The highest BCUT2D eigenvalue weighted by Crippen LogP contribution is 2.25. The fourth-order valence-electron chi connectivity index (χ4n) is 3.20. The van der Waals surface area contributed by atoms with E-state index in [1.54, 1.807) is 42.5 Å². The van der Waals surface area contributed by atoms with Gasteiger partial charge in [-0.05, 0) is 60.7 Å². The van der Waals surface area contributed by atoms with Gasteiger partial charge < -0.3 is 15.4 Å². The second-order valence-electron chi connectivity index (χ2n) is 7.57. The molecule has 0 spiro atoms. The van der Waals surface area contributed by atoms with Gasteiger partial charge in [0, 0.05) is 34.0 Å². The number of anilines is 2. The number of benzene rings is 4. The molecule has 4 rings (SSSR count). The van der Waals surface area contributed by atoms with Crippen molar-refractivity contribution < 1.29 is 19.2 Å². The fourth-order valence-corrected chi connectivity index (χ4v) is 3.96. The van der Waals surface area contributed by atoms with Gasteiger partial charge in [-0.2, -0.15) is 0 Å². The van der Waals surface area contributed by atoms with Crippen molar-refractivity contribution in [3.05, 3.63) is 119 Å². The van der Waals surface area contributed by atoms with Crippen LogP contribution >= 0.6 is 11.8 Å². The first kappa shape index (κ1) is 24.5. The number of hydrogen-bond acceptors (Lipinski definition) is 6. The number of para-hydroxylation sites is 1. The Morgan fingerprint density at radius 3 is 2.25 bits per heavy atom. The zero-order valence-electron chi connectivity index (χ0n) is 18.9. The minimum absolute atomic E-state index is 0.156. The Kier molecular flexibility index (Phi) is 7.94. The number of non-ortho nitro benzene ring substituents is 1. The van der Waals surface area contributed by atoms with Crippen molar-refractivity contribution in [3.63, 3.8) is 0 Å². The summed E-state index contributed by atoms with van der Waals surface area (Å²) in [5, 5.41) is 16.5. The number of amides is 2. The van der Waals surface area contributed by atoms with Crippen LogP contribution in [0.15, 0.2) is 108 Å². The van der Waals surface area contributed by atoms with Crippen LogP contribution in [-0.2, 0) is 4.79 Å². The van der Waals surface area contributed by atoms with Crippen LogP contribution in [0.4, 0.5) is 17.1 Å². The molecular weight excluding hydrogens is 478 g/mol. The van der Waals surface area contributed by atoms with Crippen LogP contribution in [0.3, 0.4) is 0 Å². The molecule has 2 amide bonds. The highest BCUT2D eigenvalue weighted by Gasteiger charge is 2.12. The first-order chi connectivity index (χ1) is 17.5. The normalized spacial score (nSPS) is 10.3. The highest BCUT2D eigenvalue weighted by atomic mass is 32.2. The van der Waals surface area contributed by atoms with Crippen molar-refractivity contribution in [2.75, 3.05) is 16.4 Å². The van der Waals surface area contributed by atoms with Gasteiger partial charge in [0.1, 0.15) is 11.5 Å². The van der Waals surface area contributed by atoms with Crippen LogP contribution in [0.1, 0.15) is 10.4 Å². The Balaban J connectivity index is 1.29. The van der Waals surface area contributed by atoms with Gasteiger partial charge in [0.05, 0.1) is 10.7 Å². The SMILES string of the molecule is O=C(CSc1cccc(NC(=O)c2cccc([N+](=O)[O-])c2)c1)Nc1ccc(Oc2ccccc2)cc1. The van der Waals surface area contributed by atoms with E-state index in [1.807, 2.05) is 36.4 Å².